The molecule has 0 heterocycles. The smallest absolute Gasteiger partial charge is 0.220 e. The molecular formula is C19H21F2NO2. The first-order chi connectivity index (χ1) is 11.5. The zero-order valence-electron chi connectivity index (χ0n) is 13.6. The Labute approximate surface area is 140 Å². The van der Waals surface area contributed by atoms with Crippen molar-refractivity contribution >= 4 is 5.91 Å². The predicted octanol–water partition coefficient (Wildman–Crippen LogP) is 4.26. The van der Waals surface area contributed by atoms with Gasteiger partial charge in [-0.2, -0.15) is 0 Å². The van der Waals surface area contributed by atoms with Gasteiger partial charge in [-0.25, -0.2) is 8.78 Å². The molecule has 0 saturated heterocycles. The second-order valence-corrected chi connectivity index (χ2v) is 5.79. The molecule has 5 heteroatoms. The van der Waals surface area contributed by atoms with Crippen LogP contribution < -0.4 is 5.32 Å². The third-order valence-electron chi connectivity index (χ3n) is 3.92. The number of amides is 1. The Morgan fingerprint density at radius 2 is 1.88 bits per heavy atom. The summed E-state index contributed by atoms with van der Waals surface area (Å²) in [6.07, 6.45) is 2.04. The summed E-state index contributed by atoms with van der Waals surface area (Å²) in [6, 6.07) is 10.1. The van der Waals surface area contributed by atoms with E-state index in [0.717, 1.165) is 24.5 Å². The van der Waals surface area contributed by atoms with Crippen LogP contribution in [0.1, 0.15) is 43.2 Å². The van der Waals surface area contributed by atoms with Gasteiger partial charge in [0.2, 0.25) is 5.91 Å². The van der Waals surface area contributed by atoms with Crippen LogP contribution in [-0.4, -0.2) is 11.0 Å². The summed E-state index contributed by atoms with van der Waals surface area (Å²) >= 11 is 0. The van der Waals surface area contributed by atoms with Gasteiger partial charge < -0.3 is 10.4 Å². The van der Waals surface area contributed by atoms with Crippen molar-refractivity contribution < 1.29 is 18.7 Å². The number of nitrogens with one attached hydrogen (secondary N) is 1. The molecule has 0 aliphatic rings. The third kappa shape index (κ3) is 5.05. The average molecular weight is 333 g/mol. The van der Waals surface area contributed by atoms with Gasteiger partial charge in [-0.05, 0) is 36.1 Å². The standard InChI is InChI=1S/C19H21F2NO2/c1-2-3-14(13-5-8-17(23)9-6-13)10-19(24)22-12-15-4-7-16(20)11-18(15)21/h4-9,11,14,23H,2-3,10,12H2,1H3,(H,22,24). The zero-order valence-corrected chi connectivity index (χ0v) is 13.6. The summed E-state index contributed by atoms with van der Waals surface area (Å²) < 4.78 is 26.4. The van der Waals surface area contributed by atoms with Crippen molar-refractivity contribution in [3.05, 3.63) is 65.2 Å². The van der Waals surface area contributed by atoms with Crippen molar-refractivity contribution in [2.45, 2.75) is 38.6 Å². The Kier molecular flexibility index (Phi) is 6.29. The number of halogens is 2. The van der Waals surface area contributed by atoms with Crippen LogP contribution in [0.15, 0.2) is 42.5 Å². The van der Waals surface area contributed by atoms with E-state index in [2.05, 4.69) is 5.32 Å². The van der Waals surface area contributed by atoms with E-state index in [0.29, 0.717) is 0 Å². The molecule has 2 aromatic rings. The van der Waals surface area contributed by atoms with Gasteiger partial charge in [0.15, 0.2) is 0 Å². The van der Waals surface area contributed by atoms with Crippen molar-refractivity contribution in [3.63, 3.8) is 0 Å². The molecular weight excluding hydrogens is 312 g/mol. The number of carbonyl (C=O) groups is 1. The van der Waals surface area contributed by atoms with Gasteiger partial charge in [-0.3, -0.25) is 4.79 Å². The molecule has 0 spiro atoms. The summed E-state index contributed by atoms with van der Waals surface area (Å²) in [7, 11) is 0. The average Bonchev–Trinajstić information content (AvgIpc) is 2.54. The fourth-order valence-corrected chi connectivity index (χ4v) is 2.64. The molecule has 0 aromatic heterocycles. The quantitative estimate of drug-likeness (QED) is 0.795. The molecule has 0 aliphatic heterocycles. The lowest BCUT2D eigenvalue weighted by Gasteiger charge is -2.16. The topological polar surface area (TPSA) is 49.3 Å². The van der Waals surface area contributed by atoms with Gasteiger partial charge in [0.25, 0.3) is 0 Å². The Hall–Kier alpha value is -2.43. The maximum Gasteiger partial charge on any atom is 0.220 e. The minimum absolute atomic E-state index is 0.0272. The number of rotatable bonds is 7. The van der Waals surface area contributed by atoms with Crippen LogP contribution >= 0.6 is 0 Å². The third-order valence-corrected chi connectivity index (χ3v) is 3.92. The molecule has 1 atom stereocenters. The summed E-state index contributed by atoms with van der Waals surface area (Å²) in [5.74, 6) is -1.28. The molecule has 0 bridgehead atoms. The molecule has 128 valence electrons. The van der Waals surface area contributed by atoms with Crippen LogP contribution in [0.3, 0.4) is 0 Å². The molecule has 0 fully saturated rings. The van der Waals surface area contributed by atoms with E-state index in [1.54, 1.807) is 12.1 Å². The highest BCUT2D eigenvalue weighted by molar-refractivity contribution is 5.76. The van der Waals surface area contributed by atoms with E-state index in [9.17, 15) is 18.7 Å². The fourth-order valence-electron chi connectivity index (χ4n) is 2.64. The minimum Gasteiger partial charge on any atom is -0.508 e. The molecule has 2 aromatic carbocycles. The molecule has 2 N–H and O–H groups in total. The molecule has 3 nitrogen and oxygen atoms in total. The van der Waals surface area contributed by atoms with Crippen LogP contribution in [0.25, 0.3) is 0 Å². The molecule has 1 unspecified atom stereocenters. The summed E-state index contributed by atoms with van der Waals surface area (Å²) in [6.45, 7) is 2.07. The van der Waals surface area contributed by atoms with Crippen LogP contribution in [0, 0.1) is 11.6 Å². The van der Waals surface area contributed by atoms with Gasteiger partial charge in [-0.1, -0.05) is 31.5 Å². The van der Waals surface area contributed by atoms with Crippen LogP contribution in [0.4, 0.5) is 8.78 Å². The molecule has 0 saturated carbocycles. The van der Waals surface area contributed by atoms with Crippen molar-refractivity contribution in [1.29, 1.82) is 0 Å². The number of carbonyl (C=O) groups excluding carboxylic acids is 1. The van der Waals surface area contributed by atoms with Crippen LogP contribution in [0.2, 0.25) is 0 Å². The molecule has 2 rings (SSSR count). The van der Waals surface area contributed by atoms with Gasteiger partial charge in [-0.15, -0.1) is 0 Å². The second-order valence-electron chi connectivity index (χ2n) is 5.79. The Morgan fingerprint density at radius 1 is 1.17 bits per heavy atom. The highest BCUT2D eigenvalue weighted by atomic mass is 19.1. The van der Waals surface area contributed by atoms with Gasteiger partial charge in [0.1, 0.15) is 17.4 Å². The molecule has 24 heavy (non-hydrogen) atoms. The zero-order chi connectivity index (χ0) is 17.5. The number of benzene rings is 2. The highest BCUT2D eigenvalue weighted by Gasteiger charge is 2.16. The lowest BCUT2D eigenvalue weighted by Crippen LogP contribution is -2.25. The number of aromatic hydroxyl groups is 1. The first-order valence-electron chi connectivity index (χ1n) is 7.99. The van der Waals surface area contributed by atoms with Gasteiger partial charge >= 0.3 is 0 Å². The van der Waals surface area contributed by atoms with E-state index in [1.807, 2.05) is 19.1 Å². The molecule has 1 amide bonds. The predicted molar refractivity (Wildman–Crippen MR) is 88.6 cm³/mol. The van der Waals surface area contributed by atoms with E-state index in [-0.39, 0.29) is 36.1 Å². The number of hydrogen-bond donors (Lipinski definition) is 2. The van der Waals surface area contributed by atoms with Crippen molar-refractivity contribution in [1.82, 2.24) is 5.32 Å². The van der Waals surface area contributed by atoms with E-state index in [4.69, 9.17) is 0 Å². The first-order valence-corrected chi connectivity index (χ1v) is 7.99. The van der Waals surface area contributed by atoms with Crippen molar-refractivity contribution in [2.75, 3.05) is 0 Å². The van der Waals surface area contributed by atoms with Crippen molar-refractivity contribution in [2.24, 2.45) is 0 Å². The minimum atomic E-state index is -0.668. The normalized spacial score (nSPS) is 12.0. The number of phenols is 1. The Bertz CT molecular complexity index is 686. The van der Waals surface area contributed by atoms with Crippen LogP contribution in [-0.2, 0) is 11.3 Å². The molecule has 0 aliphatic carbocycles. The van der Waals surface area contributed by atoms with Crippen LogP contribution in [0.5, 0.6) is 5.75 Å². The number of phenolic OH excluding ortho intramolecular Hbond substituents is 1. The Morgan fingerprint density at radius 3 is 2.50 bits per heavy atom. The first kappa shape index (κ1) is 17.9. The second kappa shape index (κ2) is 8.43. The maximum absolute atomic E-state index is 13.6. The SMILES string of the molecule is CCCC(CC(=O)NCc1ccc(F)cc1F)c1ccc(O)cc1. The monoisotopic (exact) mass is 333 g/mol. The molecule has 0 radical (unpaired) electrons. The van der Waals surface area contributed by atoms with E-state index < -0.39 is 11.6 Å². The summed E-state index contributed by atoms with van der Waals surface area (Å²) in [4.78, 5) is 12.2. The summed E-state index contributed by atoms with van der Waals surface area (Å²) in [5, 5.41) is 12.0. The lowest BCUT2D eigenvalue weighted by molar-refractivity contribution is -0.121. The van der Waals surface area contributed by atoms with Crippen molar-refractivity contribution in [3.8, 4) is 5.75 Å². The largest absolute Gasteiger partial charge is 0.508 e. The fraction of sp³-hybridized carbons (Fsp3) is 0.316. The number of hydrogen-bond acceptors (Lipinski definition) is 2. The Balaban J connectivity index is 1.96. The van der Waals surface area contributed by atoms with E-state index in [1.165, 1.54) is 12.1 Å². The lowest BCUT2D eigenvalue weighted by atomic mass is 9.91. The highest BCUT2D eigenvalue weighted by Crippen LogP contribution is 2.26. The maximum atomic E-state index is 13.6. The van der Waals surface area contributed by atoms with Gasteiger partial charge in [0, 0.05) is 24.6 Å². The van der Waals surface area contributed by atoms with E-state index >= 15 is 0 Å². The summed E-state index contributed by atoms with van der Waals surface area (Å²) in [5.41, 5.74) is 1.24. The van der Waals surface area contributed by atoms with Gasteiger partial charge in [0.05, 0.1) is 0 Å².